The van der Waals surface area contributed by atoms with Gasteiger partial charge in [-0.2, -0.15) is 0 Å². The maximum absolute atomic E-state index is 6.49. The lowest BCUT2D eigenvalue weighted by Crippen LogP contribution is -1.94. The minimum atomic E-state index is 0.693. The highest BCUT2D eigenvalue weighted by molar-refractivity contribution is 6.33. The van der Waals surface area contributed by atoms with Gasteiger partial charge in [0.15, 0.2) is 5.82 Å². The number of nitrogens with zero attached hydrogens (tertiary/aromatic N) is 2. The van der Waals surface area contributed by atoms with Crippen molar-refractivity contribution in [3.63, 3.8) is 0 Å². The van der Waals surface area contributed by atoms with Crippen LogP contribution in [0.4, 0.5) is 5.69 Å². The van der Waals surface area contributed by atoms with Crippen LogP contribution < -0.4 is 5.73 Å². The van der Waals surface area contributed by atoms with Crippen molar-refractivity contribution in [2.45, 2.75) is 0 Å². The highest BCUT2D eigenvalue weighted by Gasteiger charge is 2.13. The molecule has 0 spiro atoms. The summed E-state index contributed by atoms with van der Waals surface area (Å²) >= 11 is 6.49. The van der Waals surface area contributed by atoms with Gasteiger partial charge in [0.05, 0.1) is 5.52 Å². The second kappa shape index (κ2) is 7.62. The Morgan fingerprint density at radius 2 is 1.43 bits per heavy atom. The molecular weight excluding hydrogens is 390 g/mol. The van der Waals surface area contributed by atoms with E-state index in [1.165, 1.54) is 0 Å². The van der Waals surface area contributed by atoms with Crippen LogP contribution in [0.5, 0.6) is 0 Å². The molecule has 0 saturated carbocycles. The number of fused-ring (bicyclic) bond motifs is 1. The van der Waals surface area contributed by atoms with E-state index in [2.05, 4.69) is 17.1 Å². The van der Waals surface area contributed by atoms with Gasteiger partial charge in [-0.1, -0.05) is 72.3 Å². The summed E-state index contributed by atoms with van der Waals surface area (Å²) in [5.74, 6) is 0.693. The fourth-order valence-corrected chi connectivity index (χ4v) is 3.89. The second-order valence-corrected chi connectivity index (χ2v) is 7.53. The molecule has 0 radical (unpaired) electrons. The van der Waals surface area contributed by atoms with Crippen LogP contribution in [0.3, 0.4) is 0 Å². The normalized spacial score (nSPS) is 11.0. The van der Waals surface area contributed by atoms with Crippen LogP contribution in [0, 0.1) is 0 Å². The largest absolute Gasteiger partial charge is 0.399 e. The number of anilines is 1. The Morgan fingerprint density at radius 1 is 0.667 bits per heavy atom. The first kappa shape index (κ1) is 18.3. The number of hydrogen-bond acceptors (Lipinski definition) is 3. The highest BCUT2D eigenvalue weighted by Crippen LogP contribution is 2.36. The predicted molar refractivity (Wildman–Crippen MR) is 125 cm³/mol. The van der Waals surface area contributed by atoms with Crippen LogP contribution in [0.2, 0.25) is 5.02 Å². The van der Waals surface area contributed by atoms with E-state index in [1.54, 1.807) is 0 Å². The Labute approximate surface area is 179 Å². The van der Waals surface area contributed by atoms with Crippen molar-refractivity contribution in [2.24, 2.45) is 0 Å². The van der Waals surface area contributed by atoms with Gasteiger partial charge in [0, 0.05) is 39.0 Å². The van der Waals surface area contributed by atoms with Gasteiger partial charge in [0.1, 0.15) is 0 Å². The molecule has 3 nitrogen and oxygen atoms in total. The molecule has 1 aromatic heterocycles. The Balaban J connectivity index is 1.80. The van der Waals surface area contributed by atoms with Gasteiger partial charge in [-0.05, 0) is 41.5 Å². The van der Waals surface area contributed by atoms with Crippen molar-refractivity contribution in [1.29, 1.82) is 0 Å². The minimum Gasteiger partial charge on any atom is -0.399 e. The van der Waals surface area contributed by atoms with Crippen LogP contribution in [0.1, 0.15) is 0 Å². The predicted octanol–water partition coefficient (Wildman–Crippen LogP) is 6.87. The van der Waals surface area contributed by atoms with Gasteiger partial charge in [-0.25, -0.2) is 9.97 Å². The number of halogens is 1. The van der Waals surface area contributed by atoms with E-state index < -0.39 is 0 Å². The van der Waals surface area contributed by atoms with E-state index in [1.807, 2.05) is 85.1 Å². The lowest BCUT2D eigenvalue weighted by Gasteiger charge is -2.13. The lowest BCUT2D eigenvalue weighted by atomic mass is 9.95. The SMILES string of the molecule is Nc1cccc(-c2cc(-c3ccccc3Cl)cc3cnc(-c4ccccc4)nc23)c1. The molecule has 0 aliphatic carbocycles. The van der Waals surface area contributed by atoms with E-state index >= 15 is 0 Å². The smallest absolute Gasteiger partial charge is 0.159 e. The molecule has 0 bridgehead atoms. The molecule has 0 atom stereocenters. The molecular formula is C26H18ClN3. The lowest BCUT2D eigenvalue weighted by molar-refractivity contribution is 1.23. The molecule has 0 saturated heterocycles. The average Bonchev–Trinajstić information content (AvgIpc) is 2.79. The third-order valence-electron chi connectivity index (χ3n) is 5.10. The van der Waals surface area contributed by atoms with Crippen molar-refractivity contribution < 1.29 is 0 Å². The molecule has 5 aromatic rings. The number of nitrogens with two attached hydrogens (primary N) is 1. The zero-order chi connectivity index (χ0) is 20.5. The molecule has 4 aromatic carbocycles. The number of nitrogen functional groups attached to an aromatic ring is 1. The van der Waals surface area contributed by atoms with Crippen LogP contribution >= 0.6 is 11.6 Å². The van der Waals surface area contributed by atoms with Gasteiger partial charge < -0.3 is 5.73 Å². The molecule has 4 heteroatoms. The van der Waals surface area contributed by atoms with Gasteiger partial charge in [-0.15, -0.1) is 0 Å². The van der Waals surface area contributed by atoms with Crippen LogP contribution in [-0.4, -0.2) is 9.97 Å². The Bertz CT molecular complexity index is 1360. The maximum atomic E-state index is 6.49. The summed E-state index contributed by atoms with van der Waals surface area (Å²) in [6.07, 6.45) is 1.88. The second-order valence-electron chi connectivity index (χ2n) is 7.13. The van der Waals surface area contributed by atoms with E-state index in [0.717, 1.165) is 38.7 Å². The van der Waals surface area contributed by atoms with E-state index in [9.17, 15) is 0 Å². The number of rotatable bonds is 3. The van der Waals surface area contributed by atoms with Crippen LogP contribution in [0.25, 0.3) is 44.5 Å². The average molecular weight is 408 g/mol. The Hall–Kier alpha value is -3.69. The Morgan fingerprint density at radius 3 is 2.23 bits per heavy atom. The molecule has 144 valence electrons. The van der Waals surface area contributed by atoms with Crippen LogP contribution in [-0.2, 0) is 0 Å². The number of benzene rings is 4. The van der Waals surface area contributed by atoms with E-state index in [0.29, 0.717) is 16.5 Å². The molecule has 0 amide bonds. The summed E-state index contributed by atoms with van der Waals surface area (Å²) in [5, 5.41) is 1.65. The molecule has 0 fully saturated rings. The Kier molecular flexibility index (Phi) is 4.66. The molecule has 0 aliphatic heterocycles. The summed E-state index contributed by atoms with van der Waals surface area (Å²) in [7, 11) is 0. The summed E-state index contributed by atoms with van der Waals surface area (Å²) < 4.78 is 0. The summed E-state index contributed by atoms with van der Waals surface area (Å²) in [4.78, 5) is 9.54. The van der Waals surface area contributed by atoms with Gasteiger partial charge in [0.25, 0.3) is 0 Å². The van der Waals surface area contributed by atoms with Gasteiger partial charge in [0.2, 0.25) is 0 Å². The first-order chi connectivity index (χ1) is 14.7. The number of hydrogen-bond donors (Lipinski definition) is 1. The fraction of sp³-hybridized carbons (Fsp3) is 0. The first-order valence-corrected chi connectivity index (χ1v) is 10.0. The van der Waals surface area contributed by atoms with Crippen molar-refractivity contribution in [3.8, 4) is 33.6 Å². The maximum Gasteiger partial charge on any atom is 0.159 e. The molecule has 5 rings (SSSR count). The first-order valence-electron chi connectivity index (χ1n) is 9.66. The quantitative estimate of drug-likeness (QED) is 0.332. The van der Waals surface area contributed by atoms with Crippen molar-refractivity contribution >= 4 is 28.2 Å². The van der Waals surface area contributed by atoms with Crippen molar-refractivity contribution in [1.82, 2.24) is 9.97 Å². The highest BCUT2D eigenvalue weighted by atomic mass is 35.5. The van der Waals surface area contributed by atoms with Crippen LogP contribution in [0.15, 0.2) is 97.2 Å². The van der Waals surface area contributed by atoms with Crippen molar-refractivity contribution in [2.75, 3.05) is 5.73 Å². The van der Waals surface area contributed by atoms with Gasteiger partial charge >= 0.3 is 0 Å². The molecule has 2 N–H and O–H groups in total. The fourth-order valence-electron chi connectivity index (χ4n) is 3.65. The number of aromatic nitrogens is 2. The zero-order valence-corrected chi connectivity index (χ0v) is 16.8. The summed E-state index contributed by atoms with van der Waals surface area (Å²) in [5.41, 5.74) is 12.6. The van der Waals surface area contributed by atoms with Crippen molar-refractivity contribution in [3.05, 3.63) is 102 Å². The monoisotopic (exact) mass is 407 g/mol. The zero-order valence-electron chi connectivity index (χ0n) is 16.1. The molecule has 0 aliphatic rings. The van der Waals surface area contributed by atoms with Gasteiger partial charge in [-0.3, -0.25) is 0 Å². The minimum absolute atomic E-state index is 0.693. The summed E-state index contributed by atoms with van der Waals surface area (Å²) in [6, 6.07) is 29.9. The third kappa shape index (κ3) is 3.40. The standard InChI is InChI=1S/C26H18ClN3/c27-24-12-5-4-11-22(24)19-13-20-16-29-26(17-7-2-1-3-8-17)30-25(20)23(15-19)18-9-6-10-21(28)14-18/h1-16H,28H2. The molecule has 1 heterocycles. The van der Waals surface area contributed by atoms with E-state index in [4.69, 9.17) is 22.3 Å². The third-order valence-corrected chi connectivity index (χ3v) is 5.43. The summed E-state index contributed by atoms with van der Waals surface area (Å²) in [6.45, 7) is 0. The molecule has 0 unspecified atom stereocenters. The molecule has 30 heavy (non-hydrogen) atoms. The topological polar surface area (TPSA) is 51.8 Å². The van der Waals surface area contributed by atoms with E-state index in [-0.39, 0.29) is 0 Å².